The van der Waals surface area contributed by atoms with Crippen LogP contribution in [0.15, 0.2) is 72.8 Å². The predicted octanol–water partition coefficient (Wildman–Crippen LogP) is 4.18. The molecule has 0 aliphatic carbocycles. The van der Waals surface area contributed by atoms with E-state index in [0.717, 1.165) is 11.1 Å². The summed E-state index contributed by atoms with van der Waals surface area (Å²) in [5, 5.41) is 11.3. The number of hydrogen-bond donors (Lipinski definition) is 3. The summed E-state index contributed by atoms with van der Waals surface area (Å²) in [6.45, 7) is 3.13. The summed E-state index contributed by atoms with van der Waals surface area (Å²) in [6, 6.07) is 22.0. The Morgan fingerprint density at radius 1 is 0.946 bits per heavy atom. The first kappa shape index (κ1) is 25.5. The maximum atomic E-state index is 14.4. The molecule has 0 bridgehead atoms. The van der Waals surface area contributed by atoms with Gasteiger partial charge in [-0.15, -0.1) is 0 Å². The first-order valence-corrected chi connectivity index (χ1v) is 13.0. The van der Waals surface area contributed by atoms with Gasteiger partial charge in [-0.2, -0.15) is 0 Å². The molecule has 2 aliphatic rings. The van der Waals surface area contributed by atoms with E-state index in [1.165, 1.54) is 0 Å². The van der Waals surface area contributed by atoms with Crippen molar-refractivity contribution in [2.24, 2.45) is 0 Å². The number of piperazine rings is 1. The summed E-state index contributed by atoms with van der Waals surface area (Å²) in [7, 11) is 0. The molecule has 2 aliphatic heterocycles. The van der Waals surface area contributed by atoms with Gasteiger partial charge < -0.3 is 15.0 Å². The van der Waals surface area contributed by atoms with E-state index in [2.05, 4.69) is 16.0 Å². The van der Waals surface area contributed by atoms with E-state index in [9.17, 15) is 9.59 Å². The second kappa shape index (κ2) is 10.7. The molecule has 3 aromatic rings. The SMILES string of the molecule is CCOc1ccccc1C1(C(=O)N2CCNC(=O)C2)N[C@H](c2ccc(Cl)cc2)[C@H](c2ccc(Cl)cc2)N1. The number of nitrogens with one attached hydrogen (secondary N) is 3. The molecule has 5 rings (SSSR count). The molecule has 2 saturated heterocycles. The highest BCUT2D eigenvalue weighted by atomic mass is 35.5. The molecule has 2 heterocycles. The molecule has 3 aromatic carbocycles. The van der Waals surface area contributed by atoms with E-state index in [0.29, 0.717) is 41.1 Å². The number of halogens is 2. The van der Waals surface area contributed by atoms with Gasteiger partial charge in [0.1, 0.15) is 5.75 Å². The Morgan fingerprint density at radius 3 is 2.05 bits per heavy atom. The van der Waals surface area contributed by atoms with Gasteiger partial charge in [0, 0.05) is 28.7 Å². The molecule has 1 unspecified atom stereocenters. The summed E-state index contributed by atoms with van der Waals surface area (Å²) in [6.07, 6.45) is 0. The highest BCUT2D eigenvalue weighted by Gasteiger charge is 2.54. The second-order valence-corrected chi connectivity index (χ2v) is 9.98. The molecule has 0 spiro atoms. The highest BCUT2D eigenvalue weighted by Crippen LogP contribution is 2.44. The molecule has 3 atom stereocenters. The third kappa shape index (κ3) is 5.05. The highest BCUT2D eigenvalue weighted by molar-refractivity contribution is 6.30. The lowest BCUT2D eigenvalue weighted by Crippen LogP contribution is -2.62. The van der Waals surface area contributed by atoms with E-state index < -0.39 is 5.66 Å². The fraction of sp³-hybridized carbons (Fsp3) is 0.286. The number of nitrogens with zero attached hydrogens (tertiary/aromatic N) is 1. The molecule has 37 heavy (non-hydrogen) atoms. The van der Waals surface area contributed by atoms with Gasteiger partial charge in [-0.25, -0.2) is 0 Å². The van der Waals surface area contributed by atoms with Crippen LogP contribution in [0.5, 0.6) is 5.75 Å². The van der Waals surface area contributed by atoms with Crippen molar-refractivity contribution in [3.63, 3.8) is 0 Å². The standard InChI is InChI=1S/C28H28Cl2N4O3/c1-2-37-23-6-4-3-5-22(23)28(27(36)34-16-15-31-24(35)17-34)32-25(18-7-11-20(29)12-8-18)26(33-28)19-9-13-21(30)14-10-19/h3-14,25-26,32-33H,2,15-17H2,1H3,(H,31,35)/t25-,26+,28?. The Kier molecular flexibility index (Phi) is 7.40. The van der Waals surface area contributed by atoms with Crippen molar-refractivity contribution in [1.29, 1.82) is 0 Å². The van der Waals surface area contributed by atoms with Gasteiger partial charge in [0.05, 0.1) is 25.2 Å². The largest absolute Gasteiger partial charge is 0.493 e. The zero-order valence-electron chi connectivity index (χ0n) is 20.3. The third-order valence-electron chi connectivity index (χ3n) is 6.77. The number of rotatable bonds is 6. The Morgan fingerprint density at radius 2 is 1.51 bits per heavy atom. The summed E-state index contributed by atoms with van der Waals surface area (Å²) in [5.74, 6) is 0.158. The zero-order chi connectivity index (χ0) is 26.0. The maximum absolute atomic E-state index is 14.4. The van der Waals surface area contributed by atoms with Crippen molar-refractivity contribution in [2.45, 2.75) is 24.7 Å². The molecule has 9 heteroatoms. The topological polar surface area (TPSA) is 82.7 Å². The number of hydrogen-bond acceptors (Lipinski definition) is 5. The minimum absolute atomic E-state index is 0.0159. The lowest BCUT2D eigenvalue weighted by molar-refractivity contribution is -0.144. The second-order valence-electron chi connectivity index (χ2n) is 9.10. The Labute approximate surface area is 226 Å². The molecule has 2 fully saturated rings. The van der Waals surface area contributed by atoms with Crippen molar-refractivity contribution in [2.75, 3.05) is 26.2 Å². The molecule has 192 valence electrons. The van der Waals surface area contributed by atoms with E-state index in [4.69, 9.17) is 27.9 Å². The number of ether oxygens (including phenoxy) is 1. The van der Waals surface area contributed by atoms with Crippen LogP contribution in [0.25, 0.3) is 0 Å². The van der Waals surface area contributed by atoms with Crippen molar-refractivity contribution >= 4 is 35.0 Å². The van der Waals surface area contributed by atoms with Crippen LogP contribution >= 0.6 is 23.2 Å². The van der Waals surface area contributed by atoms with Gasteiger partial charge in [0.25, 0.3) is 5.91 Å². The first-order chi connectivity index (χ1) is 17.9. The molecular weight excluding hydrogens is 511 g/mol. The van der Waals surface area contributed by atoms with Crippen molar-refractivity contribution in [3.05, 3.63) is 99.5 Å². The van der Waals surface area contributed by atoms with Crippen LogP contribution in [0.2, 0.25) is 10.0 Å². The summed E-state index contributed by atoms with van der Waals surface area (Å²) in [5.41, 5.74) is 1.20. The Hall–Kier alpha value is -3.10. The lowest BCUT2D eigenvalue weighted by Gasteiger charge is -2.37. The van der Waals surface area contributed by atoms with E-state index >= 15 is 0 Å². The molecule has 3 N–H and O–H groups in total. The Bertz CT molecular complexity index is 1230. The van der Waals surface area contributed by atoms with Crippen LogP contribution in [0.1, 0.15) is 35.7 Å². The van der Waals surface area contributed by atoms with Crippen molar-refractivity contribution in [1.82, 2.24) is 20.9 Å². The summed E-state index contributed by atoms with van der Waals surface area (Å²) < 4.78 is 5.98. The molecule has 0 aromatic heterocycles. The first-order valence-electron chi connectivity index (χ1n) is 12.3. The quantitative estimate of drug-likeness (QED) is 0.438. The van der Waals surface area contributed by atoms with Gasteiger partial charge >= 0.3 is 0 Å². The van der Waals surface area contributed by atoms with Gasteiger partial charge in [-0.3, -0.25) is 20.2 Å². The number of carbonyl (C=O) groups excluding carboxylic acids is 2. The Balaban J connectivity index is 1.67. The van der Waals surface area contributed by atoms with Crippen LogP contribution < -0.4 is 20.7 Å². The van der Waals surface area contributed by atoms with E-state index in [1.807, 2.05) is 79.7 Å². The predicted molar refractivity (Wildman–Crippen MR) is 144 cm³/mol. The normalized spacial score (nSPS) is 23.5. The molecule has 7 nitrogen and oxygen atoms in total. The van der Waals surface area contributed by atoms with Crippen LogP contribution in [0.3, 0.4) is 0 Å². The molecule has 0 radical (unpaired) electrons. The fourth-order valence-electron chi connectivity index (χ4n) is 5.07. The van der Waals surface area contributed by atoms with Gasteiger partial charge in [0.2, 0.25) is 5.91 Å². The number of carbonyl (C=O) groups is 2. The minimum atomic E-state index is -1.36. The van der Waals surface area contributed by atoms with Crippen LogP contribution in [0, 0.1) is 0 Å². The zero-order valence-corrected chi connectivity index (χ0v) is 21.9. The average Bonchev–Trinajstić information content (AvgIpc) is 3.31. The van der Waals surface area contributed by atoms with E-state index in [-0.39, 0.29) is 30.4 Å². The number of para-hydroxylation sites is 1. The average molecular weight is 539 g/mol. The monoisotopic (exact) mass is 538 g/mol. The van der Waals surface area contributed by atoms with Crippen LogP contribution in [0.4, 0.5) is 0 Å². The van der Waals surface area contributed by atoms with Gasteiger partial charge in [0.15, 0.2) is 5.66 Å². The molecule has 0 saturated carbocycles. The van der Waals surface area contributed by atoms with Crippen molar-refractivity contribution in [3.8, 4) is 5.75 Å². The fourth-order valence-corrected chi connectivity index (χ4v) is 5.32. The maximum Gasteiger partial charge on any atom is 0.263 e. The number of amides is 2. The van der Waals surface area contributed by atoms with E-state index in [1.54, 1.807) is 4.90 Å². The van der Waals surface area contributed by atoms with Gasteiger partial charge in [-0.1, -0.05) is 65.7 Å². The number of benzene rings is 3. The van der Waals surface area contributed by atoms with Crippen LogP contribution in [-0.2, 0) is 15.3 Å². The molecule has 2 amide bonds. The molecular formula is C28H28Cl2N4O3. The third-order valence-corrected chi connectivity index (χ3v) is 7.28. The summed E-state index contributed by atoms with van der Waals surface area (Å²) >= 11 is 12.4. The van der Waals surface area contributed by atoms with Crippen LogP contribution in [-0.4, -0.2) is 43.0 Å². The summed E-state index contributed by atoms with van der Waals surface area (Å²) in [4.78, 5) is 28.2. The lowest BCUT2D eigenvalue weighted by atomic mass is 9.95. The minimum Gasteiger partial charge on any atom is -0.493 e. The smallest absolute Gasteiger partial charge is 0.263 e. The van der Waals surface area contributed by atoms with Gasteiger partial charge in [-0.05, 0) is 48.4 Å². The van der Waals surface area contributed by atoms with Crippen molar-refractivity contribution < 1.29 is 14.3 Å².